The van der Waals surface area contributed by atoms with E-state index in [1.54, 1.807) is 7.11 Å². The fourth-order valence-electron chi connectivity index (χ4n) is 2.55. The SMILES string of the molecule is CCc1noc(C)c1-c1noc(CC2(COC)CC2)n1. The zero-order valence-electron chi connectivity index (χ0n) is 12.1. The highest BCUT2D eigenvalue weighted by atomic mass is 16.5. The van der Waals surface area contributed by atoms with Gasteiger partial charge in [0.2, 0.25) is 11.7 Å². The Morgan fingerprint density at radius 3 is 2.70 bits per heavy atom. The Balaban J connectivity index is 1.82. The molecule has 0 radical (unpaired) electrons. The third kappa shape index (κ3) is 2.35. The fraction of sp³-hybridized carbons (Fsp3) is 0.643. The predicted molar refractivity (Wildman–Crippen MR) is 71.2 cm³/mol. The molecule has 2 aromatic heterocycles. The lowest BCUT2D eigenvalue weighted by Crippen LogP contribution is -2.12. The molecule has 0 aliphatic heterocycles. The van der Waals surface area contributed by atoms with Gasteiger partial charge in [0, 0.05) is 18.9 Å². The van der Waals surface area contributed by atoms with Gasteiger partial charge in [0.1, 0.15) is 5.76 Å². The molecule has 6 nitrogen and oxygen atoms in total. The predicted octanol–water partition coefficient (Wildman–Crippen LogP) is 2.56. The van der Waals surface area contributed by atoms with E-state index in [0.717, 1.165) is 49.3 Å². The molecule has 2 heterocycles. The van der Waals surface area contributed by atoms with Gasteiger partial charge in [-0.2, -0.15) is 4.98 Å². The van der Waals surface area contributed by atoms with Gasteiger partial charge >= 0.3 is 0 Å². The number of hydrogen-bond acceptors (Lipinski definition) is 6. The number of hydrogen-bond donors (Lipinski definition) is 0. The quantitative estimate of drug-likeness (QED) is 0.807. The Kier molecular flexibility index (Phi) is 3.33. The zero-order chi connectivity index (χ0) is 14.2. The number of aryl methyl sites for hydroxylation is 2. The van der Waals surface area contributed by atoms with E-state index < -0.39 is 0 Å². The van der Waals surface area contributed by atoms with Crippen LogP contribution in [0.1, 0.15) is 37.1 Å². The Bertz CT molecular complexity index is 599. The summed E-state index contributed by atoms with van der Waals surface area (Å²) in [6.45, 7) is 4.64. The summed E-state index contributed by atoms with van der Waals surface area (Å²) in [6.07, 6.45) is 3.87. The number of aromatic nitrogens is 3. The van der Waals surface area contributed by atoms with E-state index in [1.807, 2.05) is 13.8 Å². The Labute approximate surface area is 117 Å². The standard InChI is InChI=1S/C14H19N3O3/c1-4-10-12(9(2)19-16-10)13-15-11(20-17-13)7-14(5-6-14)8-18-3/h4-8H2,1-3H3. The van der Waals surface area contributed by atoms with Gasteiger partial charge in [-0.3, -0.25) is 0 Å². The topological polar surface area (TPSA) is 74.2 Å². The van der Waals surface area contributed by atoms with E-state index in [0.29, 0.717) is 11.7 Å². The minimum atomic E-state index is 0.204. The molecule has 0 spiro atoms. The van der Waals surface area contributed by atoms with Crippen LogP contribution in [0.3, 0.4) is 0 Å². The number of methoxy groups -OCH3 is 1. The highest BCUT2D eigenvalue weighted by Crippen LogP contribution is 2.48. The highest BCUT2D eigenvalue weighted by molar-refractivity contribution is 5.59. The monoisotopic (exact) mass is 277 g/mol. The Morgan fingerprint density at radius 1 is 1.25 bits per heavy atom. The van der Waals surface area contributed by atoms with Crippen molar-refractivity contribution in [1.82, 2.24) is 15.3 Å². The molecule has 0 atom stereocenters. The minimum Gasteiger partial charge on any atom is -0.384 e. The lowest BCUT2D eigenvalue weighted by Gasteiger charge is -2.09. The van der Waals surface area contributed by atoms with Crippen molar-refractivity contribution >= 4 is 0 Å². The van der Waals surface area contributed by atoms with Crippen molar-refractivity contribution in [1.29, 1.82) is 0 Å². The van der Waals surface area contributed by atoms with E-state index in [1.165, 1.54) is 0 Å². The van der Waals surface area contributed by atoms with E-state index in [9.17, 15) is 0 Å². The molecule has 20 heavy (non-hydrogen) atoms. The summed E-state index contributed by atoms with van der Waals surface area (Å²) in [5.74, 6) is 1.97. The molecule has 108 valence electrons. The summed E-state index contributed by atoms with van der Waals surface area (Å²) >= 11 is 0. The van der Waals surface area contributed by atoms with Crippen LogP contribution in [0.25, 0.3) is 11.4 Å². The smallest absolute Gasteiger partial charge is 0.227 e. The van der Waals surface area contributed by atoms with Crippen LogP contribution in [-0.4, -0.2) is 29.0 Å². The van der Waals surface area contributed by atoms with Gasteiger partial charge in [-0.25, -0.2) is 0 Å². The molecule has 1 aliphatic carbocycles. The minimum absolute atomic E-state index is 0.204. The normalized spacial score (nSPS) is 16.6. The second-order valence-corrected chi connectivity index (χ2v) is 5.54. The van der Waals surface area contributed by atoms with E-state index in [-0.39, 0.29) is 5.41 Å². The van der Waals surface area contributed by atoms with Crippen molar-refractivity contribution in [2.24, 2.45) is 5.41 Å². The third-order valence-electron chi connectivity index (χ3n) is 3.89. The second-order valence-electron chi connectivity index (χ2n) is 5.54. The van der Waals surface area contributed by atoms with Crippen molar-refractivity contribution in [3.8, 4) is 11.4 Å². The van der Waals surface area contributed by atoms with Crippen molar-refractivity contribution < 1.29 is 13.8 Å². The maximum Gasteiger partial charge on any atom is 0.227 e. The molecule has 0 bridgehead atoms. The summed E-state index contributed by atoms with van der Waals surface area (Å²) in [6, 6.07) is 0. The highest BCUT2D eigenvalue weighted by Gasteiger charge is 2.44. The second kappa shape index (κ2) is 5.01. The van der Waals surface area contributed by atoms with E-state index in [2.05, 4.69) is 15.3 Å². The Hall–Kier alpha value is -1.69. The lowest BCUT2D eigenvalue weighted by atomic mass is 10.0. The Morgan fingerprint density at radius 2 is 2.05 bits per heavy atom. The molecule has 1 aliphatic rings. The van der Waals surface area contributed by atoms with Crippen LogP contribution in [0.5, 0.6) is 0 Å². The van der Waals surface area contributed by atoms with Crippen molar-refractivity contribution in [3.63, 3.8) is 0 Å². The number of ether oxygens (including phenoxy) is 1. The van der Waals surface area contributed by atoms with Crippen molar-refractivity contribution in [3.05, 3.63) is 17.3 Å². The molecule has 0 N–H and O–H groups in total. The first-order valence-corrected chi connectivity index (χ1v) is 6.94. The van der Waals surface area contributed by atoms with Crippen LogP contribution >= 0.6 is 0 Å². The molecule has 0 aromatic carbocycles. The van der Waals surface area contributed by atoms with Gasteiger partial charge in [-0.15, -0.1) is 0 Å². The fourth-order valence-corrected chi connectivity index (χ4v) is 2.55. The molecular formula is C14H19N3O3. The summed E-state index contributed by atoms with van der Waals surface area (Å²) in [4.78, 5) is 4.50. The van der Waals surface area contributed by atoms with Crippen LogP contribution in [0.2, 0.25) is 0 Å². The van der Waals surface area contributed by atoms with Gasteiger partial charge in [0.05, 0.1) is 17.9 Å². The van der Waals surface area contributed by atoms with Gasteiger partial charge in [0.25, 0.3) is 0 Å². The summed E-state index contributed by atoms with van der Waals surface area (Å²) in [5.41, 5.74) is 1.93. The molecule has 3 rings (SSSR count). The van der Waals surface area contributed by atoms with Crippen molar-refractivity contribution in [2.45, 2.75) is 39.5 Å². The number of nitrogens with zero attached hydrogens (tertiary/aromatic N) is 3. The first kappa shape index (κ1) is 13.3. The average Bonchev–Trinajstić information content (AvgIpc) is 2.85. The molecule has 0 saturated heterocycles. The molecular weight excluding hydrogens is 258 g/mol. The van der Waals surface area contributed by atoms with Gasteiger partial charge in [-0.05, 0) is 26.2 Å². The zero-order valence-corrected chi connectivity index (χ0v) is 12.1. The molecule has 0 unspecified atom stereocenters. The number of rotatable bonds is 6. The van der Waals surface area contributed by atoms with Crippen LogP contribution in [0.15, 0.2) is 9.05 Å². The third-order valence-corrected chi connectivity index (χ3v) is 3.89. The molecule has 1 fully saturated rings. The van der Waals surface area contributed by atoms with Crippen molar-refractivity contribution in [2.75, 3.05) is 13.7 Å². The van der Waals surface area contributed by atoms with E-state index in [4.69, 9.17) is 13.8 Å². The lowest BCUT2D eigenvalue weighted by molar-refractivity contribution is 0.135. The van der Waals surface area contributed by atoms with Gasteiger partial charge < -0.3 is 13.8 Å². The van der Waals surface area contributed by atoms with Gasteiger partial charge in [-0.1, -0.05) is 17.2 Å². The molecule has 1 saturated carbocycles. The maximum atomic E-state index is 5.38. The maximum absolute atomic E-state index is 5.38. The van der Waals surface area contributed by atoms with Crippen LogP contribution < -0.4 is 0 Å². The average molecular weight is 277 g/mol. The van der Waals surface area contributed by atoms with Crippen LogP contribution in [0, 0.1) is 12.3 Å². The first-order chi connectivity index (χ1) is 9.67. The molecule has 0 amide bonds. The van der Waals surface area contributed by atoms with E-state index >= 15 is 0 Å². The van der Waals surface area contributed by atoms with Crippen LogP contribution in [-0.2, 0) is 17.6 Å². The van der Waals surface area contributed by atoms with Crippen LogP contribution in [0.4, 0.5) is 0 Å². The summed E-state index contributed by atoms with van der Waals surface area (Å²) < 4.78 is 15.9. The largest absolute Gasteiger partial charge is 0.384 e. The first-order valence-electron chi connectivity index (χ1n) is 6.94. The van der Waals surface area contributed by atoms with Gasteiger partial charge in [0.15, 0.2) is 0 Å². The molecule has 6 heteroatoms. The summed E-state index contributed by atoms with van der Waals surface area (Å²) in [7, 11) is 1.73. The molecule has 2 aromatic rings. The summed E-state index contributed by atoms with van der Waals surface area (Å²) in [5, 5.41) is 8.09.